The summed E-state index contributed by atoms with van der Waals surface area (Å²) in [6.45, 7) is 19.8. The minimum absolute atomic E-state index is 0.00551. The van der Waals surface area contributed by atoms with E-state index in [0.717, 1.165) is 31.4 Å². The topological polar surface area (TPSA) is 65.2 Å². The van der Waals surface area contributed by atoms with E-state index in [1.165, 1.54) is 0 Å². The first-order valence-corrected chi connectivity index (χ1v) is 10.4. The molecule has 0 aromatic rings. The molecule has 5 heteroatoms. The zero-order valence-corrected chi connectivity index (χ0v) is 19.0. The largest absolute Gasteiger partial charge is 0.386 e. The molecule has 0 aliphatic carbocycles. The van der Waals surface area contributed by atoms with E-state index in [4.69, 9.17) is 0 Å². The first-order valence-electron chi connectivity index (χ1n) is 10.4. The number of rotatable bonds is 4. The summed E-state index contributed by atoms with van der Waals surface area (Å²) in [6.07, 6.45) is 5.70. The van der Waals surface area contributed by atoms with Crippen molar-refractivity contribution in [3.8, 4) is 0 Å². The lowest BCUT2D eigenvalue weighted by atomic mass is 9.79. The van der Waals surface area contributed by atoms with Crippen LogP contribution in [0.1, 0.15) is 88.0 Å². The number of nitrogens with one attached hydrogen (secondary N) is 4. The molecule has 0 unspecified atom stereocenters. The second-order valence-corrected chi connectivity index (χ2v) is 11.5. The van der Waals surface area contributed by atoms with Crippen LogP contribution < -0.4 is 21.3 Å². The van der Waals surface area contributed by atoms with Crippen molar-refractivity contribution in [2.24, 2.45) is 0 Å². The molecular weight excluding hydrogens is 336 g/mol. The molecule has 2 aliphatic heterocycles. The number of piperidine rings is 2. The fourth-order valence-electron chi connectivity index (χ4n) is 5.65. The van der Waals surface area contributed by atoms with E-state index in [-0.39, 0.29) is 34.1 Å². The Hall–Kier alpha value is -1.07. The highest BCUT2D eigenvalue weighted by Gasteiger charge is 2.39. The Kier molecular flexibility index (Phi) is 6.09. The van der Waals surface area contributed by atoms with Gasteiger partial charge in [0.05, 0.1) is 0 Å². The van der Waals surface area contributed by atoms with Crippen LogP contribution in [-0.4, -0.2) is 40.1 Å². The van der Waals surface area contributed by atoms with Crippen molar-refractivity contribution >= 4 is 5.91 Å². The van der Waals surface area contributed by atoms with E-state index in [0.29, 0.717) is 6.04 Å². The predicted molar refractivity (Wildman–Crippen MR) is 114 cm³/mol. The normalized spacial score (nSPS) is 27.8. The quantitative estimate of drug-likeness (QED) is 0.567. The highest BCUT2D eigenvalue weighted by molar-refractivity contribution is 5.88. The van der Waals surface area contributed by atoms with Gasteiger partial charge < -0.3 is 21.3 Å². The maximum Gasteiger partial charge on any atom is 0.245 e. The van der Waals surface area contributed by atoms with Gasteiger partial charge in [-0.15, -0.1) is 0 Å². The molecule has 0 aromatic heterocycles. The minimum Gasteiger partial charge on any atom is -0.386 e. The minimum atomic E-state index is 0.00551. The SMILES string of the molecule is CC(=CC(=O)NC1CC(C)(C)NC(C)(C)C1)NC1CC(C)(C)NC(C)(C)C1. The number of hydrogen-bond acceptors (Lipinski definition) is 4. The van der Waals surface area contributed by atoms with Gasteiger partial charge in [0, 0.05) is 46.0 Å². The monoisotopic (exact) mass is 378 g/mol. The van der Waals surface area contributed by atoms with Gasteiger partial charge in [0.25, 0.3) is 0 Å². The number of hydrogen-bond donors (Lipinski definition) is 4. The average Bonchev–Trinajstić information content (AvgIpc) is 2.28. The maximum absolute atomic E-state index is 12.6. The van der Waals surface area contributed by atoms with Crippen LogP contribution in [0.25, 0.3) is 0 Å². The van der Waals surface area contributed by atoms with Crippen LogP contribution in [0.4, 0.5) is 0 Å². The third kappa shape index (κ3) is 7.11. The Bertz CT molecular complexity index is 557. The van der Waals surface area contributed by atoms with Gasteiger partial charge in [-0.1, -0.05) is 0 Å². The van der Waals surface area contributed by atoms with E-state index in [1.807, 2.05) is 6.92 Å². The van der Waals surface area contributed by atoms with Crippen molar-refractivity contribution in [2.45, 2.75) is 122 Å². The van der Waals surface area contributed by atoms with Gasteiger partial charge in [-0.3, -0.25) is 4.79 Å². The Morgan fingerprint density at radius 3 is 1.44 bits per heavy atom. The molecule has 0 saturated carbocycles. The molecule has 0 aromatic carbocycles. The summed E-state index contributed by atoms with van der Waals surface area (Å²) in [5.74, 6) is 0.00551. The van der Waals surface area contributed by atoms with Gasteiger partial charge in [-0.2, -0.15) is 0 Å². The molecule has 0 bridgehead atoms. The molecule has 4 N–H and O–H groups in total. The first-order chi connectivity index (χ1) is 12.1. The molecule has 2 saturated heterocycles. The summed E-state index contributed by atoms with van der Waals surface area (Å²) in [6, 6.07) is 0.571. The van der Waals surface area contributed by atoms with Gasteiger partial charge >= 0.3 is 0 Å². The average molecular weight is 379 g/mol. The smallest absolute Gasteiger partial charge is 0.245 e. The Morgan fingerprint density at radius 2 is 1.07 bits per heavy atom. The van der Waals surface area contributed by atoms with E-state index in [9.17, 15) is 4.79 Å². The second-order valence-electron chi connectivity index (χ2n) is 11.5. The van der Waals surface area contributed by atoms with E-state index in [1.54, 1.807) is 6.08 Å². The zero-order valence-electron chi connectivity index (χ0n) is 19.0. The zero-order chi connectivity index (χ0) is 20.7. The lowest BCUT2D eigenvalue weighted by Gasteiger charge is -2.47. The van der Waals surface area contributed by atoms with Gasteiger partial charge in [-0.25, -0.2) is 0 Å². The van der Waals surface area contributed by atoms with Crippen LogP contribution in [0.15, 0.2) is 11.8 Å². The third-order valence-corrected chi connectivity index (χ3v) is 5.51. The fraction of sp³-hybridized carbons (Fsp3) is 0.864. The number of amides is 1. The highest BCUT2D eigenvalue weighted by Crippen LogP contribution is 2.30. The van der Waals surface area contributed by atoms with Crippen LogP contribution in [0.3, 0.4) is 0 Å². The molecule has 0 atom stereocenters. The summed E-state index contributed by atoms with van der Waals surface area (Å²) < 4.78 is 0. The number of carbonyl (C=O) groups excluding carboxylic acids is 1. The second kappa shape index (κ2) is 7.40. The molecule has 2 heterocycles. The Labute approximate surface area is 166 Å². The summed E-state index contributed by atoms with van der Waals surface area (Å²) in [4.78, 5) is 12.6. The lowest BCUT2D eigenvalue weighted by molar-refractivity contribution is -0.117. The predicted octanol–water partition coefficient (Wildman–Crippen LogP) is 3.21. The Balaban J connectivity index is 1.94. The molecule has 2 rings (SSSR count). The van der Waals surface area contributed by atoms with Crippen LogP contribution in [0.5, 0.6) is 0 Å². The molecule has 0 radical (unpaired) electrons. The van der Waals surface area contributed by atoms with Crippen molar-refractivity contribution in [2.75, 3.05) is 0 Å². The molecule has 5 nitrogen and oxygen atoms in total. The van der Waals surface area contributed by atoms with Crippen LogP contribution in [0, 0.1) is 0 Å². The number of allylic oxidation sites excluding steroid dienone is 1. The van der Waals surface area contributed by atoms with Crippen molar-refractivity contribution in [1.29, 1.82) is 0 Å². The van der Waals surface area contributed by atoms with Crippen molar-refractivity contribution in [3.05, 3.63) is 11.8 Å². The van der Waals surface area contributed by atoms with E-state index >= 15 is 0 Å². The van der Waals surface area contributed by atoms with E-state index < -0.39 is 0 Å². The summed E-state index contributed by atoms with van der Waals surface area (Å²) in [7, 11) is 0. The first kappa shape index (κ1) is 22.2. The summed E-state index contributed by atoms with van der Waals surface area (Å²) in [5, 5.41) is 14.2. The molecule has 2 fully saturated rings. The summed E-state index contributed by atoms with van der Waals surface area (Å²) >= 11 is 0. The van der Waals surface area contributed by atoms with Crippen molar-refractivity contribution in [1.82, 2.24) is 21.3 Å². The van der Waals surface area contributed by atoms with Crippen LogP contribution in [0.2, 0.25) is 0 Å². The standard InChI is InChI=1S/C22H42N4O/c1-15(23-16-11-19(2,3)25-20(4,5)12-16)10-18(27)24-17-13-21(6,7)26-22(8,9)14-17/h10,16-17,23,25-26H,11-14H2,1-9H3,(H,24,27). The van der Waals surface area contributed by atoms with Gasteiger partial charge in [0.2, 0.25) is 5.91 Å². The third-order valence-electron chi connectivity index (χ3n) is 5.51. The Morgan fingerprint density at radius 1 is 0.741 bits per heavy atom. The molecule has 2 aliphatic rings. The van der Waals surface area contributed by atoms with Gasteiger partial charge in [-0.05, 0) is 88.0 Å². The molecule has 0 spiro atoms. The number of carbonyl (C=O) groups is 1. The fourth-order valence-corrected chi connectivity index (χ4v) is 5.65. The van der Waals surface area contributed by atoms with Crippen molar-refractivity contribution in [3.63, 3.8) is 0 Å². The van der Waals surface area contributed by atoms with Crippen molar-refractivity contribution < 1.29 is 4.79 Å². The maximum atomic E-state index is 12.6. The summed E-state index contributed by atoms with van der Waals surface area (Å²) in [5.41, 5.74) is 1.19. The molecular formula is C22H42N4O. The van der Waals surface area contributed by atoms with Gasteiger partial charge in [0.15, 0.2) is 0 Å². The molecule has 156 valence electrons. The highest BCUT2D eigenvalue weighted by atomic mass is 16.1. The molecule has 27 heavy (non-hydrogen) atoms. The lowest BCUT2D eigenvalue weighted by Crippen LogP contribution is -2.62. The van der Waals surface area contributed by atoms with Gasteiger partial charge in [0.1, 0.15) is 0 Å². The molecule has 1 amide bonds. The van der Waals surface area contributed by atoms with Crippen LogP contribution >= 0.6 is 0 Å². The van der Waals surface area contributed by atoms with Crippen LogP contribution in [-0.2, 0) is 4.79 Å². The van der Waals surface area contributed by atoms with E-state index in [2.05, 4.69) is 76.7 Å².